The number of nitrogens with zero attached hydrogens (tertiary/aromatic N) is 6. The SMILES string of the molecule is CC(C)n1nccc1-c1cc(C(=O)NC(C)(C)C)cc(-c2ccc(Cl)c(F)c2)n1.COc1ccc(-c2cc(C(=O)NC(C)(C)C)cc(-c3ccnn3C(C)C)n2)cc1. The summed E-state index contributed by atoms with van der Waals surface area (Å²) in [7, 11) is 1.63. The highest BCUT2D eigenvalue weighted by atomic mass is 35.5. The Morgan fingerprint density at radius 2 is 1.05 bits per heavy atom. The summed E-state index contributed by atoms with van der Waals surface area (Å²) >= 11 is 5.82. The van der Waals surface area contributed by atoms with E-state index in [0.717, 1.165) is 28.4 Å². The molecule has 11 nitrogen and oxygen atoms in total. The van der Waals surface area contributed by atoms with Crippen LogP contribution < -0.4 is 15.4 Å². The van der Waals surface area contributed by atoms with Gasteiger partial charge in [-0.1, -0.05) is 17.7 Å². The Labute approximate surface area is 345 Å². The molecule has 0 spiro atoms. The summed E-state index contributed by atoms with van der Waals surface area (Å²) in [5.74, 6) is -0.128. The van der Waals surface area contributed by atoms with Crippen molar-refractivity contribution in [3.05, 3.63) is 113 Å². The van der Waals surface area contributed by atoms with Gasteiger partial charge in [-0.15, -0.1) is 0 Å². The Balaban J connectivity index is 0.000000221. The predicted octanol–water partition coefficient (Wildman–Crippen LogP) is 10.2. The van der Waals surface area contributed by atoms with Crippen molar-refractivity contribution in [3.8, 4) is 51.0 Å². The van der Waals surface area contributed by atoms with Crippen LogP contribution in [0.4, 0.5) is 4.39 Å². The number of pyridine rings is 2. The lowest BCUT2D eigenvalue weighted by Gasteiger charge is -2.21. The fourth-order valence-corrected chi connectivity index (χ4v) is 6.10. The first-order valence-corrected chi connectivity index (χ1v) is 19.5. The fraction of sp³-hybridized carbons (Fsp3) is 0.333. The minimum atomic E-state index is -0.538. The van der Waals surface area contributed by atoms with Crippen molar-refractivity contribution in [2.24, 2.45) is 0 Å². The predicted molar refractivity (Wildman–Crippen MR) is 229 cm³/mol. The Bertz CT molecular complexity index is 2390. The molecule has 0 radical (unpaired) electrons. The van der Waals surface area contributed by atoms with Crippen molar-refractivity contribution in [1.82, 2.24) is 40.2 Å². The number of halogens is 2. The molecule has 304 valence electrons. The van der Waals surface area contributed by atoms with Crippen LogP contribution in [-0.2, 0) is 0 Å². The van der Waals surface area contributed by atoms with Crippen molar-refractivity contribution < 1.29 is 18.7 Å². The van der Waals surface area contributed by atoms with Crippen molar-refractivity contribution in [1.29, 1.82) is 0 Å². The Kier molecular flexibility index (Phi) is 13.2. The van der Waals surface area contributed by atoms with Gasteiger partial charge in [0, 0.05) is 57.8 Å². The molecular formula is C45H52ClFN8O3. The molecule has 0 aliphatic rings. The molecular weight excluding hydrogens is 755 g/mol. The molecule has 0 aliphatic carbocycles. The van der Waals surface area contributed by atoms with E-state index in [2.05, 4.69) is 39.7 Å². The Morgan fingerprint density at radius 1 is 0.638 bits per heavy atom. The third-order valence-electron chi connectivity index (χ3n) is 8.60. The molecule has 0 aliphatic heterocycles. The summed E-state index contributed by atoms with van der Waals surface area (Å²) in [5, 5.41) is 14.8. The average Bonchev–Trinajstić information content (AvgIpc) is 3.86. The number of nitrogens with one attached hydrogen (secondary N) is 2. The first-order valence-electron chi connectivity index (χ1n) is 19.1. The Hall–Kier alpha value is -5.88. The number of hydrogen-bond donors (Lipinski definition) is 2. The van der Waals surface area contributed by atoms with Crippen LogP contribution in [0.1, 0.15) is 102 Å². The third-order valence-corrected chi connectivity index (χ3v) is 8.90. The minimum absolute atomic E-state index is 0.0356. The van der Waals surface area contributed by atoms with Crippen LogP contribution in [0.5, 0.6) is 5.75 Å². The van der Waals surface area contributed by atoms with Gasteiger partial charge in [0.25, 0.3) is 11.8 Å². The first-order chi connectivity index (χ1) is 27.2. The number of amides is 2. The number of methoxy groups -OCH3 is 1. The lowest BCUT2D eigenvalue weighted by Crippen LogP contribution is -2.40. The highest BCUT2D eigenvalue weighted by molar-refractivity contribution is 6.30. The molecule has 0 saturated heterocycles. The van der Waals surface area contributed by atoms with Gasteiger partial charge >= 0.3 is 0 Å². The molecule has 6 rings (SSSR count). The maximum atomic E-state index is 14.0. The van der Waals surface area contributed by atoms with E-state index in [1.165, 1.54) is 12.1 Å². The normalized spacial score (nSPS) is 11.6. The summed E-state index contributed by atoms with van der Waals surface area (Å²) in [6.45, 7) is 19.8. The lowest BCUT2D eigenvalue weighted by molar-refractivity contribution is 0.0910. The quantitative estimate of drug-likeness (QED) is 0.149. The molecule has 13 heteroatoms. The van der Waals surface area contributed by atoms with E-state index in [1.54, 1.807) is 37.7 Å². The van der Waals surface area contributed by atoms with Crippen LogP contribution in [0.3, 0.4) is 0 Å². The number of rotatable bonds is 9. The standard InChI is InChI=1S/C23H28N4O2.C22H24ClFN4O/c1-15(2)27-21(11-12-24-27)20-14-17(22(28)26-23(3,4)5)13-19(25-20)16-7-9-18(29-6)10-8-16;1-13(2)28-20(8-9-25-28)19-12-15(21(29)27-22(3,4)5)11-18(26-19)14-6-7-16(23)17(24)10-14/h7-15H,1-6H3,(H,26,28);6-13H,1-5H3,(H,27,29). The highest BCUT2D eigenvalue weighted by Crippen LogP contribution is 2.30. The van der Waals surface area contributed by atoms with Crippen LogP contribution in [-0.4, -0.2) is 59.5 Å². The van der Waals surface area contributed by atoms with E-state index < -0.39 is 11.4 Å². The largest absolute Gasteiger partial charge is 0.497 e. The molecule has 0 atom stereocenters. The van der Waals surface area contributed by atoms with Gasteiger partial charge in [-0.25, -0.2) is 14.4 Å². The summed E-state index contributed by atoms with van der Waals surface area (Å²) in [5.41, 5.74) is 5.87. The number of aromatic nitrogens is 6. The number of carbonyl (C=O) groups excluding carboxylic acids is 2. The van der Waals surface area contributed by atoms with E-state index in [0.29, 0.717) is 33.8 Å². The van der Waals surface area contributed by atoms with Crippen LogP contribution in [0, 0.1) is 5.82 Å². The van der Waals surface area contributed by atoms with Crippen LogP contribution in [0.15, 0.2) is 91.3 Å². The molecule has 2 amide bonds. The second kappa shape index (κ2) is 17.7. The Morgan fingerprint density at radius 3 is 1.45 bits per heavy atom. The topological polar surface area (TPSA) is 129 Å². The van der Waals surface area contributed by atoms with Gasteiger partial charge in [0.1, 0.15) is 11.6 Å². The molecule has 0 bridgehead atoms. The molecule has 2 N–H and O–H groups in total. The number of ether oxygens (including phenoxy) is 1. The molecule has 0 fully saturated rings. The highest BCUT2D eigenvalue weighted by Gasteiger charge is 2.21. The van der Waals surface area contributed by atoms with Gasteiger partial charge in [-0.05, 0) is 142 Å². The number of hydrogen-bond acceptors (Lipinski definition) is 7. The van der Waals surface area contributed by atoms with Crippen molar-refractivity contribution >= 4 is 23.4 Å². The maximum absolute atomic E-state index is 14.0. The minimum Gasteiger partial charge on any atom is -0.497 e. The smallest absolute Gasteiger partial charge is 0.251 e. The van der Waals surface area contributed by atoms with Crippen molar-refractivity contribution in [2.45, 2.75) is 92.4 Å². The van der Waals surface area contributed by atoms with E-state index >= 15 is 0 Å². The first kappa shape index (κ1) is 43.2. The third kappa shape index (κ3) is 10.9. The molecule has 58 heavy (non-hydrogen) atoms. The van der Waals surface area contributed by atoms with Gasteiger partial charge in [0.15, 0.2) is 0 Å². The van der Waals surface area contributed by atoms with Crippen LogP contribution in [0.25, 0.3) is 45.3 Å². The zero-order valence-corrected chi connectivity index (χ0v) is 35.7. The number of carbonyl (C=O) groups is 2. The van der Waals surface area contributed by atoms with Gasteiger partial charge in [-0.3, -0.25) is 19.0 Å². The summed E-state index contributed by atoms with van der Waals surface area (Å²) in [6.07, 6.45) is 3.45. The van der Waals surface area contributed by atoms with E-state index in [-0.39, 0.29) is 34.5 Å². The van der Waals surface area contributed by atoms with E-state index in [9.17, 15) is 14.0 Å². The lowest BCUT2D eigenvalue weighted by atomic mass is 10.0. The van der Waals surface area contributed by atoms with Gasteiger partial charge in [0.05, 0.1) is 46.3 Å². The van der Waals surface area contributed by atoms with E-state index in [1.807, 2.05) is 113 Å². The second-order valence-electron chi connectivity index (χ2n) is 16.5. The second-order valence-corrected chi connectivity index (χ2v) is 16.9. The summed E-state index contributed by atoms with van der Waals surface area (Å²) in [4.78, 5) is 35.3. The summed E-state index contributed by atoms with van der Waals surface area (Å²) < 4.78 is 23.0. The molecule has 0 saturated carbocycles. The maximum Gasteiger partial charge on any atom is 0.251 e. The van der Waals surface area contributed by atoms with Crippen LogP contribution in [0.2, 0.25) is 5.02 Å². The zero-order valence-electron chi connectivity index (χ0n) is 35.0. The van der Waals surface area contributed by atoms with Gasteiger partial charge < -0.3 is 15.4 Å². The van der Waals surface area contributed by atoms with Crippen molar-refractivity contribution in [2.75, 3.05) is 7.11 Å². The average molecular weight is 807 g/mol. The van der Waals surface area contributed by atoms with E-state index in [4.69, 9.17) is 21.3 Å². The van der Waals surface area contributed by atoms with Crippen LogP contribution >= 0.6 is 11.6 Å². The number of benzene rings is 2. The molecule has 4 aromatic heterocycles. The molecule has 2 aromatic carbocycles. The summed E-state index contributed by atoms with van der Waals surface area (Å²) in [6, 6.07) is 23.2. The monoisotopic (exact) mass is 806 g/mol. The molecule has 6 aromatic rings. The van der Waals surface area contributed by atoms with Gasteiger partial charge in [-0.2, -0.15) is 10.2 Å². The molecule has 4 heterocycles. The van der Waals surface area contributed by atoms with Gasteiger partial charge in [0.2, 0.25) is 0 Å². The molecule has 0 unspecified atom stereocenters. The van der Waals surface area contributed by atoms with Crippen molar-refractivity contribution in [3.63, 3.8) is 0 Å². The fourth-order valence-electron chi connectivity index (χ4n) is 5.98. The zero-order chi connectivity index (χ0) is 42.5.